The lowest BCUT2D eigenvalue weighted by molar-refractivity contribution is 1.06. The summed E-state index contributed by atoms with van der Waals surface area (Å²) in [4.78, 5) is 0. The van der Waals surface area contributed by atoms with E-state index in [9.17, 15) is 0 Å². The number of rotatable bonds is 2. The van der Waals surface area contributed by atoms with Crippen LogP contribution in [0.3, 0.4) is 0 Å². The van der Waals surface area contributed by atoms with Crippen molar-refractivity contribution in [1.82, 2.24) is 14.8 Å². The fourth-order valence-electron chi connectivity index (χ4n) is 1.99. The lowest BCUT2D eigenvalue weighted by atomic mass is 10.2. The highest BCUT2D eigenvalue weighted by Crippen LogP contribution is 2.27. The van der Waals surface area contributed by atoms with Gasteiger partial charge in [0, 0.05) is 10.6 Å². The van der Waals surface area contributed by atoms with Gasteiger partial charge in [-0.25, -0.2) is 0 Å². The summed E-state index contributed by atoms with van der Waals surface area (Å²) >= 11 is 12.4. The van der Waals surface area contributed by atoms with Crippen LogP contribution in [-0.4, -0.2) is 14.8 Å². The third kappa shape index (κ3) is 2.30. The molecule has 0 aliphatic rings. The molecule has 0 radical (unpaired) electrons. The minimum absolute atomic E-state index is 0.309. The first-order valence-corrected chi connectivity index (χ1v) is 6.85. The van der Waals surface area contributed by atoms with Gasteiger partial charge in [0.1, 0.15) is 0 Å². The fourth-order valence-corrected chi connectivity index (χ4v) is 2.38. The van der Waals surface area contributed by atoms with E-state index in [2.05, 4.69) is 10.2 Å². The Morgan fingerprint density at radius 2 is 1.70 bits per heavy atom. The van der Waals surface area contributed by atoms with Crippen LogP contribution in [-0.2, 0) is 0 Å². The van der Waals surface area contributed by atoms with Gasteiger partial charge in [0.25, 0.3) is 0 Å². The van der Waals surface area contributed by atoms with Crippen molar-refractivity contribution >= 4 is 23.2 Å². The Bertz CT molecular complexity index is 751. The first-order valence-electron chi connectivity index (χ1n) is 6.09. The van der Waals surface area contributed by atoms with E-state index in [1.807, 2.05) is 55.5 Å². The summed E-state index contributed by atoms with van der Waals surface area (Å²) in [6.45, 7) is 1.96. The summed E-state index contributed by atoms with van der Waals surface area (Å²) in [5.74, 6) is 0.690. The second-order valence-electron chi connectivity index (χ2n) is 4.43. The fraction of sp³-hybridized carbons (Fsp3) is 0.0667. The van der Waals surface area contributed by atoms with Gasteiger partial charge in [-0.3, -0.25) is 4.57 Å². The van der Waals surface area contributed by atoms with Gasteiger partial charge in [-0.1, -0.05) is 48.0 Å². The van der Waals surface area contributed by atoms with E-state index in [0.717, 1.165) is 16.8 Å². The molecule has 0 bridgehead atoms. The first-order chi connectivity index (χ1) is 9.66. The molecule has 100 valence electrons. The van der Waals surface area contributed by atoms with E-state index in [0.29, 0.717) is 16.1 Å². The van der Waals surface area contributed by atoms with Gasteiger partial charge in [0.15, 0.2) is 5.82 Å². The van der Waals surface area contributed by atoms with E-state index in [4.69, 9.17) is 23.2 Å². The largest absolute Gasteiger partial charge is 0.266 e. The van der Waals surface area contributed by atoms with E-state index < -0.39 is 0 Å². The molecule has 3 rings (SSSR count). The van der Waals surface area contributed by atoms with E-state index in [1.165, 1.54) is 0 Å². The molecule has 2 aromatic carbocycles. The average molecular weight is 304 g/mol. The molecule has 20 heavy (non-hydrogen) atoms. The Hall–Kier alpha value is -1.84. The highest BCUT2D eigenvalue weighted by atomic mass is 35.5. The lowest BCUT2D eigenvalue weighted by Gasteiger charge is -2.09. The number of benzene rings is 2. The molecule has 0 saturated heterocycles. The van der Waals surface area contributed by atoms with Gasteiger partial charge in [-0.2, -0.15) is 0 Å². The maximum Gasteiger partial charge on any atom is 0.229 e. The third-order valence-electron chi connectivity index (χ3n) is 3.07. The molecule has 0 fully saturated rings. The molecule has 0 spiro atoms. The van der Waals surface area contributed by atoms with Crippen LogP contribution in [0.5, 0.6) is 0 Å². The van der Waals surface area contributed by atoms with Crippen LogP contribution in [0.25, 0.3) is 17.1 Å². The zero-order valence-electron chi connectivity index (χ0n) is 10.7. The molecule has 3 aromatic rings. The van der Waals surface area contributed by atoms with Crippen LogP contribution in [0.2, 0.25) is 10.3 Å². The molecular weight excluding hydrogens is 293 g/mol. The highest BCUT2D eigenvalue weighted by Gasteiger charge is 2.14. The van der Waals surface area contributed by atoms with E-state index >= 15 is 0 Å². The third-order valence-corrected chi connectivity index (χ3v) is 3.72. The Balaban J connectivity index is 2.19. The Morgan fingerprint density at radius 1 is 0.950 bits per heavy atom. The van der Waals surface area contributed by atoms with Crippen LogP contribution in [0.1, 0.15) is 5.56 Å². The second kappa shape index (κ2) is 5.27. The highest BCUT2D eigenvalue weighted by molar-refractivity contribution is 6.31. The molecule has 3 nitrogen and oxygen atoms in total. The molecule has 0 atom stereocenters. The van der Waals surface area contributed by atoms with Crippen LogP contribution in [0, 0.1) is 6.92 Å². The molecule has 0 unspecified atom stereocenters. The topological polar surface area (TPSA) is 30.7 Å². The van der Waals surface area contributed by atoms with Gasteiger partial charge in [0.2, 0.25) is 5.28 Å². The monoisotopic (exact) mass is 303 g/mol. The van der Waals surface area contributed by atoms with Crippen LogP contribution in [0.4, 0.5) is 0 Å². The van der Waals surface area contributed by atoms with Crippen molar-refractivity contribution in [2.75, 3.05) is 0 Å². The molecule has 1 heterocycles. The van der Waals surface area contributed by atoms with Gasteiger partial charge < -0.3 is 0 Å². The van der Waals surface area contributed by atoms with E-state index in [-0.39, 0.29) is 0 Å². The molecule has 0 aliphatic carbocycles. The Labute approximate surface area is 126 Å². The minimum Gasteiger partial charge on any atom is -0.266 e. The van der Waals surface area contributed by atoms with Crippen molar-refractivity contribution in [3.63, 3.8) is 0 Å². The van der Waals surface area contributed by atoms with E-state index in [1.54, 1.807) is 4.57 Å². The summed E-state index contributed by atoms with van der Waals surface area (Å²) in [6, 6.07) is 15.5. The van der Waals surface area contributed by atoms with Gasteiger partial charge in [-0.15, -0.1) is 10.2 Å². The average Bonchev–Trinajstić information content (AvgIpc) is 2.85. The minimum atomic E-state index is 0.309. The number of halogens is 2. The number of hydrogen-bond acceptors (Lipinski definition) is 2. The van der Waals surface area contributed by atoms with Crippen LogP contribution >= 0.6 is 23.2 Å². The summed E-state index contributed by atoms with van der Waals surface area (Å²) in [6.07, 6.45) is 0. The van der Waals surface area contributed by atoms with Gasteiger partial charge in [-0.05, 0) is 36.2 Å². The summed E-state index contributed by atoms with van der Waals surface area (Å²) < 4.78 is 1.78. The van der Waals surface area contributed by atoms with Gasteiger partial charge in [0.05, 0.1) is 5.69 Å². The maximum atomic E-state index is 6.18. The van der Waals surface area contributed by atoms with Crippen LogP contribution < -0.4 is 0 Å². The van der Waals surface area contributed by atoms with Crippen molar-refractivity contribution in [3.8, 4) is 17.1 Å². The first kappa shape index (κ1) is 13.2. The normalized spacial score (nSPS) is 10.8. The van der Waals surface area contributed by atoms with Crippen molar-refractivity contribution in [2.45, 2.75) is 6.92 Å². The predicted octanol–water partition coefficient (Wildman–Crippen LogP) is 4.55. The SMILES string of the molecule is Cc1ccc(-n2c(Cl)nnc2-c2ccccc2)cc1Cl. The summed E-state index contributed by atoms with van der Waals surface area (Å²) in [5.41, 5.74) is 2.80. The molecule has 0 amide bonds. The Kier molecular flexibility index (Phi) is 3.47. The number of aryl methyl sites for hydroxylation is 1. The van der Waals surface area contributed by atoms with Gasteiger partial charge >= 0.3 is 0 Å². The Morgan fingerprint density at radius 3 is 2.40 bits per heavy atom. The van der Waals surface area contributed by atoms with Crippen molar-refractivity contribution in [3.05, 3.63) is 64.4 Å². The van der Waals surface area contributed by atoms with Crippen molar-refractivity contribution < 1.29 is 0 Å². The lowest BCUT2D eigenvalue weighted by Crippen LogP contribution is -1.98. The number of hydrogen-bond donors (Lipinski definition) is 0. The molecule has 0 saturated carbocycles. The van der Waals surface area contributed by atoms with Crippen molar-refractivity contribution in [1.29, 1.82) is 0 Å². The van der Waals surface area contributed by atoms with Crippen molar-refractivity contribution in [2.24, 2.45) is 0 Å². The molecule has 0 aliphatic heterocycles. The summed E-state index contributed by atoms with van der Waals surface area (Å²) in [7, 11) is 0. The zero-order valence-corrected chi connectivity index (χ0v) is 12.2. The summed E-state index contributed by atoms with van der Waals surface area (Å²) in [5, 5.41) is 9.10. The maximum absolute atomic E-state index is 6.18. The second-order valence-corrected chi connectivity index (χ2v) is 5.17. The standard InChI is InChI=1S/C15H11Cl2N3/c1-10-7-8-12(9-13(10)16)20-14(18-19-15(20)17)11-5-3-2-4-6-11/h2-9H,1H3. The number of nitrogens with zero attached hydrogens (tertiary/aromatic N) is 3. The number of aromatic nitrogens is 3. The predicted molar refractivity (Wildman–Crippen MR) is 81.6 cm³/mol. The smallest absolute Gasteiger partial charge is 0.229 e. The molecule has 0 N–H and O–H groups in total. The zero-order chi connectivity index (χ0) is 14.1. The molecule has 5 heteroatoms. The molecular formula is C15H11Cl2N3. The molecule has 1 aromatic heterocycles. The van der Waals surface area contributed by atoms with Crippen LogP contribution in [0.15, 0.2) is 48.5 Å². The quantitative estimate of drug-likeness (QED) is 0.695.